The molecule has 0 fully saturated rings. The van der Waals surface area contributed by atoms with Gasteiger partial charge in [-0.05, 0) is 36.6 Å². The second kappa shape index (κ2) is 10.9. The Bertz CT molecular complexity index is 975. The van der Waals surface area contributed by atoms with Crippen molar-refractivity contribution >= 4 is 57.6 Å². The predicted octanol–water partition coefficient (Wildman–Crippen LogP) is 1.47. The van der Waals surface area contributed by atoms with Gasteiger partial charge in [-0.2, -0.15) is 0 Å². The number of ketones is 2. The van der Waals surface area contributed by atoms with Crippen LogP contribution in [0.15, 0.2) is 36.4 Å². The minimum Gasteiger partial charge on any atom is -0.383 e. The lowest BCUT2D eigenvalue weighted by Gasteiger charge is -2.24. The molecule has 0 saturated carbocycles. The molecular formula is C22H26N6O2S2. The third kappa shape index (κ3) is 5.14. The number of rotatable bonds is 8. The van der Waals surface area contributed by atoms with Crippen LogP contribution in [-0.4, -0.2) is 62.1 Å². The summed E-state index contributed by atoms with van der Waals surface area (Å²) in [4.78, 5) is 26.7. The summed E-state index contributed by atoms with van der Waals surface area (Å²) in [5.74, 6) is -0.343. The van der Waals surface area contributed by atoms with Gasteiger partial charge in [-0.1, -0.05) is 24.3 Å². The van der Waals surface area contributed by atoms with Gasteiger partial charge in [0.25, 0.3) is 0 Å². The molecule has 0 amide bonds. The minimum absolute atomic E-state index is 0.172. The van der Waals surface area contributed by atoms with Crippen LogP contribution in [-0.2, 0) is 0 Å². The SMILES string of the molecule is CNC(=S)NCCNc1ccc(NCCNC(=S)NC)c2c1C(=O)c1ccccc1C2=O. The van der Waals surface area contributed by atoms with Crippen LogP contribution < -0.4 is 31.9 Å². The molecule has 10 heteroatoms. The van der Waals surface area contributed by atoms with Gasteiger partial charge in [0, 0.05) is 62.8 Å². The molecule has 0 spiro atoms. The van der Waals surface area contributed by atoms with Crippen molar-refractivity contribution in [3.8, 4) is 0 Å². The number of thiocarbonyl (C=S) groups is 2. The maximum absolute atomic E-state index is 13.4. The van der Waals surface area contributed by atoms with E-state index < -0.39 is 0 Å². The summed E-state index contributed by atoms with van der Waals surface area (Å²) < 4.78 is 0. The van der Waals surface area contributed by atoms with Gasteiger partial charge in [-0.15, -0.1) is 0 Å². The zero-order chi connectivity index (χ0) is 23.1. The zero-order valence-corrected chi connectivity index (χ0v) is 19.6. The van der Waals surface area contributed by atoms with Crippen LogP contribution in [0.1, 0.15) is 31.8 Å². The molecule has 2 aromatic rings. The van der Waals surface area contributed by atoms with Gasteiger partial charge in [0.1, 0.15) is 0 Å². The van der Waals surface area contributed by atoms with Gasteiger partial charge < -0.3 is 31.9 Å². The molecule has 1 aliphatic carbocycles. The Morgan fingerprint density at radius 1 is 0.688 bits per heavy atom. The first-order valence-corrected chi connectivity index (χ1v) is 11.0. The van der Waals surface area contributed by atoms with Crippen molar-refractivity contribution in [2.75, 3.05) is 50.9 Å². The third-order valence-electron chi connectivity index (χ3n) is 4.98. The fraction of sp³-hybridized carbons (Fsp3) is 0.273. The Morgan fingerprint density at radius 2 is 1.09 bits per heavy atom. The van der Waals surface area contributed by atoms with Gasteiger partial charge in [0.05, 0.1) is 11.1 Å². The fourth-order valence-electron chi connectivity index (χ4n) is 3.44. The normalized spacial score (nSPS) is 11.7. The van der Waals surface area contributed by atoms with E-state index in [0.717, 1.165) is 0 Å². The predicted molar refractivity (Wildman–Crippen MR) is 136 cm³/mol. The van der Waals surface area contributed by atoms with E-state index in [4.69, 9.17) is 24.4 Å². The van der Waals surface area contributed by atoms with E-state index in [1.54, 1.807) is 38.4 Å². The van der Waals surface area contributed by atoms with E-state index in [2.05, 4.69) is 31.9 Å². The van der Waals surface area contributed by atoms with Crippen molar-refractivity contribution in [3.63, 3.8) is 0 Å². The van der Waals surface area contributed by atoms with Crippen LogP contribution >= 0.6 is 24.4 Å². The molecule has 0 aromatic heterocycles. The fourth-order valence-corrected chi connectivity index (χ4v) is 3.64. The topological polar surface area (TPSA) is 106 Å². The number of carbonyl (C=O) groups is 2. The molecule has 0 saturated heterocycles. The van der Waals surface area contributed by atoms with Gasteiger partial charge in [-0.25, -0.2) is 0 Å². The van der Waals surface area contributed by atoms with Crippen molar-refractivity contribution in [1.29, 1.82) is 0 Å². The lowest BCUT2D eigenvalue weighted by atomic mass is 9.82. The molecule has 6 N–H and O–H groups in total. The van der Waals surface area contributed by atoms with E-state index in [1.807, 2.05) is 12.1 Å². The van der Waals surface area contributed by atoms with Crippen molar-refractivity contribution in [3.05, 3.63) is 58.7 Å². The first kappa shape index (κ1) is 23.4. The average Bonchev–Trinajstić information content (AvgIpc) is 2.82. The van der Waals surface area contributed by atoms with Crippen molar-refractivity contribution in [1.82, 2.24) is 21.3 Å². The summed E-state index contributed by atoms with van der Waals surface area (Å²) in [6, 6.07) is 10.6. The van der Waals surface area contributed by atoms with E-state index in [-0.39, 0.29) is 11.6 Å². The smallest absolute Gasteiger partial charge is 0.196 e. The second-order valence-electron chi connectivity index (χ2n) is 6.98. The molecule has 168 valence electrons. The Kier molecular flexibility index (Phi) is 7.96. The lowest BCUT2D eigenvalue weighted by Crippen LogP contribution is -2.36. The monoisotopic (exact) mass is 470 g/mol. The molecule has 32 heavy (non-hydrogen) atoms. The van der Waals surface area contributed by atoms with Crippen LogP contribution in [0.2, 0.25) is 0 Å². The summed E-state index contributed by atoms with van der Waals surface area (Å²) >= 11 is 10.2. The van der Waals surface area contributed by atoms with Crippen LogP contribution in [0, 0.1) is 0 Å². The number of carbonyl (C=O) groups excluding carboxylic acids is 2. The van der Waals surface area contributed by atoms with Crippen LogP contribution in [0.5, 0.6) is 0 Å². The quantitative estimate of drug-likeness (QED) is 0.214. The highest BCUT2D eigenvalue weighted by molar-refractivity contribution is 7.80. The summed E-state index contributed by atoms with van der Waals surface area (Å²) in [5.41, 5.74) is 2.83. The van der Waals surface area contributed by atoms with Gasteiger partial charge in [0.2, 0.25) is 0 Å². The van der Waals surface area contributed by atoms with Crippen molar-refractivity contribution in [2.45, 2.75) is 0 Å². The highest BCUT2D eigenvalue weighted by Gasteiger charge is 2.33. The third-order valence-corrected chi connectivity index (χ3v) is 5.68. The van der Waals surface area contributed by atoms with Crippen molar-refractivity contribution in [2.24, 2.45) is 0 Å². The molecule has 0 bridgehead atoms. The molecule has 0 heterocycles. The number of benzene rings is 2. The summed E-state index contributed by atoms with van der Waals surface area (Å²) in [7, 11) is 3.49. The maximum atomic E-state index is 13.4. The Hall–Kier alpha value is -3.24. The van der Waals surface area contributed by atoms with E-state index in [0.29, 0.717) is 70.0 Å². The molecule has 0 atom stereocenters. The largest absolute Gasteiger partial charge is 0.383 e. The Morgan fingerprint density at radius 3 is 1.47 bits per heavy atom. The maximum Gasteiger partial charge on any atom is 0.196 e. The molecule has 2 aromatic carbocycles. The molecular weight excluding hydrogens is 444 g/mol. The molecule has 3 rings (SSSR count). The summed E-state index contributed by atoms with van der Waals surface area (Å²) in [5, 5.41) is 19.4. The molecule has 0 unspecified atom stereocenters. The van der Waals surface area contributed by atoms with Crippen LogP contribution in [0.25, 0.3) is 0 Å². The zero-order valence-electron chi connectivity index (χ0n) is 17.9. The van der Waals surface area contributed by atoms with Crippen LogP contribution in [0.3, 0.4) is 0 Å². The number of fused-ring (bicyclic) bond motifs is 2. The number of hydrogen-bond acceptors (Lipinski definition) is 6. The first-order valence-electron chi connectivity index (χ1n) is 10.2. The van der Waals surface area contributed by atoms with Crippen molar-refractivity contribution < 1.29 is 9.59 Å². The number of hydrogen-bond donors (Lipinski definition) is 6. The molecule has 0 radical (unpaired) electrons. The standard InChI is InChI=1S/C22H26N6O2S2/c1-23-21(31)27-11-9-25-15-7-8-16(26-10-12-28-22(32)24-2)18-17(15)19(29)13-5-3-4-6-14(13)20(18)30/h3-8,25-26H,9-12H2,1-2H3,(H2,23,27,31)(H2,24,28,32). The number of nitrogens with one attached hydrogen (secondary N) is 6. The first-order chi connectivity index (χ1) is 15.5. The van der Waals surface area contributed by atoms with Gasteiger partial charge in [0.15, 0.2) is 21.8 Å². The van der Waals surface area contributed by atoms with E-state index in [1.165, 1.54) is 0 Å². The average molecular weight is 471 g/mol. The van der Waals surface area contributed by atoms with E-state index in [9.17, 15) is 9.59 Å². The van der Waals surface area contributed by atoms with Crippen LogP contribution in [0.4, 0.5) is 11.4 Å². The summed E-state index contributed by atoms with van der Waals surface area (Å²) in [6.45, 7) is 2.17. The Labute approximate surface area is 197 Å². The lowest BCUT2D eigenvalue weighted by molar-refractivity contribution is 0.0980. The second-order valence-corrected chi connectivity index (χ2v) is 7.80. The minimum atomic E-state index is -0.172. The molecule has 8 nitrogen and oxygen atoms in total. The highest BCUT2D eigenvalue weighted by Crippen LogP contribution is 2.36. The van der Waals surface area contributed by atoms with E-state index >= 15 is 0 Å². The number of anilines is 2. The van der Waals surface area contributed by atoms with Gasteiger partial charge >= 0.3 is 0 Å². The summed E-state index contributed by atoms with van der Waals surface area (Å²) in [6.07, 6.45) is 0. The van der Waals surface area contributed by atoms with Gasteiger partial charge in [-0.3, -0.25) is 9.59 Å². The molecule has 1 aliphatic rings. The Balaban J connectivity index is 1.87. The molecule has 0 aliphatic heterocycles. The highest BCUT2D eigenvalue weighted by atomic mass is 32.1.